The molecule has 0 saturated heterocycles. The van der Waals surface area contributed by atoms with Gasteiger partial charge in [0.2, 0.25) is 5.41 Å². The largest absolute Gasteiger partial charge is 0.457 e. The Bertz CT molecular complexity index is 3280. The molecule has 0 aliphatic carbocycles. The first-order valence-corrected chi connectivity index (χ1v) is 21.1. The van der Waals surface area contributed by atoms with Gasteiger partial charge in [-0.1, -0.05) is 24.3 Å². The number of benzene rings is 6. The van der Waals surface area contributed by atoms with Gasteiger partial charge in [-0.2, -0.15) is 26.3 Å². The number of anilines is 2. The quantitative estimate of drug-likeness (QED) is 0.106. The standard InChI is InChI=1S/C51H30F6N4O10/c1-23-5-7-25(17-39(23)60-45(66)33-15-11-29(21-37(33)47(60)68)70-27-9-13-31-35(19-27)43(64)58(3)41(31)62)49(50(52,53)54,51(55,56)57)26-8-6-24(2)40(18-26)61-46(67)34-16-12-30(22-38(34)48(61)69)71-28-10-14-32-36(20-28)44(65)59(4)42(32)63/h5-22H,1-4H3. The summed E-state index contributed by atoms with van der Waals surface area (Å²) in [5.41, 5.74) is -9.96. The maximum atomic E-state index is 15.8. The molecule has 4 aliphatic heterocycles. The van der Waals surface area contributed by atoms with Gasteiger partial charge in [0.15, 0.2) is 0 Å². The highest BCUT2D eigenvalue weighted by Crippen LogP contribution is 2.58. The lowest BCUT2D eigenvalue weighted by Gasteiger charge is -2.39. The number of halogens is 6. The van der Waals surface area contributed by atoms with Gasteiger partial charge < -0.3 is 9.47 Å². The van der Waals surface area contributed by atoms with E-state index in [1.807, 2.05) is 0 Å². The summed E-state index contributed by atoms with van der Waals surface area (Å²) in [7, 11) is 2.60. The molecule has 0 fully saturated rings. The predicted molar refractivity (Wildman–Crippen MR) is 236 cm³/mol. The Kier molecular flexibility index (Phi) is 10.0. The average molecular weight is 973 g/mol. The second-order valence-electron chi connectivity index (χ2n) is 17.0. The van der Waals surface area contributed by atoms with Gasteiger partial charge in [0.1, 0.15) is 23.0 Å². The highest BCUT2D eigenvalue weighted by molar-refractivity contribution is 6.35. The molecule has 4 heterocycles. The summed E-state index contributed by atoms with van der Waals surface area (Å²) in [4.78, 5) is 108. The molecule has 0 bridgehead atoms. The van der Waals surface area contributed by atoms with Crippen molar-refractivity contribution < 1.29 is 74.2 Å². The number of carbonyl (C=O) groups excluding carboxylic acids is 8. The molecule has 0 radical (unpaired) electrons. The van der Waals surface area contributed by atoms with Gasteiger partial charge in [-0.15, -0.1) is 0 Å². The van der Waals surface area contributed by atoms with Crippen molar-refractivity contribution in [1.82, 2.24) is 9.80 Å². The molecule has 10 rings (SSSR count). The lowest BCUT2D eigenvalue weighted by molar-refractivity contribution is -0.288. The summed E-state index contributed by atoms with van der Waals surface area (Å²) < 4.78 is 106. The number of hydrogen-bond acceptors (Lipinski definition) is 10. The van der Waals surface area contributed by atoms with Crippen LogP contribution < -0.4 is 19.3 Å². The van der Waals surface area contributed by atoms with Crippen LogP contribution in [0.25, 0.3) is 0 Å². The van der Waals surface area contributed by atoms with Crippen LogP contribution in [0.15, 0.2) is 109 Å². The van der Waals surface area contributed by atoms with E-state index in [1.54, 1.807) is 0 Å². The minimum atomic E-state index is -6.21. The van der Waals surface area contributed by atoms with Gasteiger partial charge >= 0.3 is 12.4 Å². The molecular formula is C51H30F6N4O10. The van der Waals surface area contributed by atoms with E-state index in [-0.39, 0.29) is 78.6 Å². The molecule has 0 atom stereocenters. The van der Waals surface area contributed by atoms with Gasteiger partial charge in [0, 0.05) is 14.1 Å². The SMILES string of the molecule is Cc1ccc(C(c2ccc(C)c(N3C(=O)c4ccc(Oc5ccc6c(c5)C(=O)N(C)C6=O)cc4C3=O)c2)(C(F)(F)F)C(F)(F)F)cc1N1C(=O)c2ccc(Oc3ccc4c(c3)C(=O)N(C)C4=O)cc2C1=O. The van der Waals surface area contributed by atoms with Crippen molar-refractivity contribution in [3.05, 3.63) is 176 Å². The van der Waals surface area contributed by atoms with Crippen LogP contribution in [-0.2, 0) is 5.41 Å². The van der Waals surface area contributed by atoms with Crippen molar-refractivity contribution in [2.75, 3.05) is 23.9 Å². The van der Waals surface area contributed by atoms with E-state index in [9.17, 15) is 38.4 Å². The molecule has 71 heavy (non-hydrogen) atoms. The number of amides is 8. The first-order valence-electron chi connectivity index (χ1n) is 21.1. The number of aryl methyl sites for hydroxylation is 2. The van der Waals surface area contributed by atoms with E-state index >= 15 is 26.3 Å². The normalized spacial score (nSPS) is 15.6. The monoisotopic (exact) mass is 972 g/mol. The van der Waals surface area contributed by atoms with Crippen molar-refractivity contribution in [2.24, 2.45) is 0 Å². The highest BCUT2D eigenvalue weighted by Gasteiger charge is 2.73. The number of rotatable bonds is 8. The molecule has 0 aromatic heterocycles. The van der Waals surface area contributed by atoms with Crippen LogP contribution in [0.5, 0.6) is 23.0 Å². The number of hydrogen-bond donors (Lipinski definition) is 0. The van der Waals surface area contributed by atoms with Crippen LogP contribution in [0.1, 0.15) is 105 Å². The molecule has 0 unspecified atom stereocenters. The lowest BCUT2D eigenvalue weighted by atomic mass is 9.72. The lowest BCUT2D eigenvalue weighted by Crippen LogP contribution is -2.55. The predicted octanol–water partition coefficient (Wildman–Crippen LogP) is 9.35. The van der Waals surface area contributed by atoms with Crippen molar-refractivity contribution in [3.63, 3.8) is 0 Å². The third-order valence-corrected chi connectivity index (χ3v) is 12.9. The van der Waals surface area contributed by atoms with Crippen LogP contribution in [0, 0.1) is 13.8 Å². The van der Waals surface area contributed by atoms with E-state index in [2.05, 4.69) is 0 Å². The Labute approximate surface area is 396 Å². The van der Waals surface area contributed by atoms with Gasteiger partial charge in [-0.3, -0.25) is 48.2 Å². The summed E-state index contributed by atoms with van der Waals surface area (Å²) in [6, 6.07) is 19.1. The van der Waals surface area contributed by atoms with Crippen molar-refractivity contribution in [1.29, 1.82) is 0 Å². The first-order chi connectivity index (χ1) is 33.4. The van der Waals surface area contributed by atoms with Crippen molar-refractivity contribution >= 4 is 58.6 Å². The minimum Gasteiger partial charge on any atom is -0.457 e. The molecule has 0 spiro atoms. The maximum absolute atomic E-state index is 15.8. The van der Waals surface area contributed by atoms with Gasteiger partial charge in [-0.25, -0.2) is 9.80 Å². The fourth-order valence-electron chi connectivity index (χ4n) is 9.23. The highest BCUT2D eigenvalue weighted by atomic mass is 19.4. The first kappa shape index (κ1) is 45.8. The Hall–Kier alpha value is -8.94. The van der Waals surface area contributed by atoms with Crippen LogP contribution in [-0.4, -0.2) is 83.5 Å². The number of alkyl halides is 6. The Morgan fingerprint density at radius 1 is 0.352 bits per heavy atom. The third-order valence-electron chi connectivity index (χ3n) is 12.9. The number of imide groups is 4. The maximum Gasteiger partial charge on any atom is 0.411 e. The van der Waals surface area contributed by atoms with E-state index in [4.69, 9.17) is 9.47 Å². The second-order valence-corrected chi connectivity index (χ2v) is 17.0. The summed E-state index contributed by atoms with van der Waals surface area (Å²) in [5, 5.41) is 0. The zero-order valence-corrected chi connectivity index (χ0v) is 37.0. The van der Waals surface area contributed by atoms with E-state index < -0.39 is 87.5 Å². The minimum absolute atomic E-state index is 0.0426. The van der Waals surface area contributed by atoms with Crippen LogP contribution >= 0.6 is 0 Å². The van der Waals surface area contributed by atoms with E-state index in [0.717, 1.165) is 34.1 Å². The molecule has 14 nitrogen and oxygen atoms in total. The third kappa shape index (κ3) is 6.64. The molecule has 356 valence electrons. The molecule has 20 heteroatoms. The Morgan fingerprint density at radius 2 is 0.620 bits per heavy atom. The average Bonchev–Trinajstić information content (AvgIpc) is 3.88. The fraction of sp³-hybridized carbons (Fsp3) is 0.137. The van der Waals surface area contributed by atoms with Gasteiger partial charge in [-0.05, 0) is 121 Å². The molecule has 0 N–H and O–H groups in total. The zero-order chi connectivity index (χ0) is 51.0. The topological polar surface area (TPSA) is 168 Å². The molecule has 6 aromatic rings. The molecule has 8 amide bonds. The summed E-state index contributed by atoms with van der Waals surface area (Å²) >= 11 is 0. The molecule has 6 aromatic carbocycles. The van der Waals surface area contributed by atoms with Crippen molar-refractivity contribution in [3.8, 4) is 23.0 Å². The van der Waals surface area contributed by atoms with Crippen LogP contribution in [0.3, 0.4) is 0 Å². The molecule has 0 saturated carbocycles. The number of nitrogens with zero attached hydrogens (tertiary/aromatic N) is 4. The van der Waals surface area contributed by atoms with Gasteiger partial charge in [0.25, 0.3) is 47.3 Å². The van der Waals surface area contributed by atoms with E-state index in [0.29, 0.717) is 34.1 Å². The smallest absolute Gasteiger partial charge is 0.411 e. The zero-order valence-electron chi connectivity index (χ0n) is 37.0. The van der Waals surface area contributed by atoms with Crippen molar-refractivity contribution in [2.45, 2.75) is 31.6 Å². The number of ether oxygens (including phenoxy) is 2. The fourth-order valence-corrected chi connectivity index (χ4v) is 9.23. The van der Waals surface area contributed by atoms with E-state index in [1.165, 1.54) is 88.6 Å². The second kappa shape index (κ2) is 15.5. The van der Waals surface area contributed by atoms with Gasteiger partial charge in [0.05, 0.1) is 55.9 Å². The number of fused-ring (bicyclic) bond motifs is 4. The molecule has 4 aliphatic rings. The summed E-state index contributed by atoms with van der Waals surface area (Å²) in [5.74, 6) is -6.56. The van der Waals surface area contributed by atoms with Crippen LogP contribution in [0.4, 0.5) is 37.7 Å². The van der Waals surface area contributed by atoms with Crippen LogP contribution in [0.2, 0.25) is 0 Å². The number of carbonyl (C=O) groups is 8. The Balaban J connectivity index is 0.985. The summed E-state index contributed by atoms with van der Waals surface area (Å²) in [6.07, 6.45) is -12.4. The molecular weight excluding hydrogens is 943 g/mol. The Morgan fingerprint density at radius 3 is 0.930 bits per heavy atom. The summed E-state index contributed by atoms with van der Waals surface area (Å²) in [6.45, 7) is 2.54.